The predicted octanol–water partition coefficient (Wildman–Crippen LogP) is 3.01. The van der Waals surface area contributed by atoms with Gasteiger partial charge >= 0.3 is 0 Å². The Morgan fingerprint density at radius 1 is 1.19 bits per heavy atom. The lowest BCUT2D eigenvalue weighted by molar-refractivity contribution is 0.234. The van der Waals surface area contributed by atoms with E-state index in [-0.39, 0.29) is 6.10 Å². The van der Waals surface area contributed by atoms with Crippen molar-refractivity contribution in [2.24, 2.45) is 5.92 Å². The van der Waals surface area contributed by atoms with Gasteiger partial charge in [0.05, 0.1) is 6.10 Å². The molecular weight excluding hydrogens is 264 g/mol. The van der Waals surface area contributed by atoms with E-state index in [2.05, 4.69) is 14.9 Å². The standard InChI is InChI=1S/C16H26N4O/c1-11(2)21-16-14(17)15(18-10-19-16)20-9-5-8-13(20)12-6-3-4-7-12/h10-13H,3-9,17H2,1-2H3. The van der Waals surface area contributed by atoms with Crippen LogP contribution in [0.1, 0.15) is 52.4 Å². The fourth-order valence-corrected chi connectivity index (χ4v) is 3.80. The zero-order valence-corrected chi connectivity index (χ0v) is 13.1. The first-order chi connectivity index (χ1) is 10.2. The van der Waals surface area contributed by atoms with Crippen LogP contribution in [0.15, 0.2) is 6.33 Å². The van der Waals surface area contributed by atoms with E-state index in [1.54, 1.807) is 6.33 Å². The van der Waals surface area contributed by atoms with E-state index in [1.165, 1.54) is 38.5 Å². The van der Waals surface area contributed by atoms with Crippen molar-refractivity contribution in [1.82, 2.24) is 9.97 Å². The average molecular weight is 290 g/mol. The van der Waals surface area contributed by atoms with Gasteiger partial charge in [0, 0.05) is 12.6 Å². The molecule has 0 amide bonds. The molecule has 0 radical (unpaired) electrons. The molecule has 21 heavy (non-hydrogen) atoms. The van der Waals surface area contributed by atoms with Crippen LogP contribution in [0.4, 0.5) is 11.5 Å². The van der Waals surface area contributed by atoms with Crippen LogP contribution in [0.3, 0.4) is 0 Å². The van der Waals surface area contributed by atoms with E-state index in [0.29, 0.717) is 17.6 Å². The summed E-state index contributed by atoms with van der Waals surface area (Å²) in [6.07, 6.45) is 9.57. The maximum absolute atomic E-state index is 6.28. The van der Waals surface area contributed by atoms with E-state index < -0.39 is 0 Å². The van der Waals surface area contributed by atoms with E-state index in [4.69, 9.17) is 10.5 Å². The summed E-state index contributed by atoms with van der Waals surface area (Å²) < 4.78 is 5.70. The van der Waals surface area contributed by atoms with Crippen LogP contribution < -0.4 is 15.4 Å². The Morgan fingerprint density at radius 2 is 1.95 bits per heavy atom. The number of hydrogen-bond donors (Lipinski definition) is 1. The van der Waals surface area contributed by atoms with Gasteiger partial charge in [-0.2, -0.15) is 4.98 Å². The first-order valence-electron chi connectivity index (χ1n) is 8.20. The Hall–Kier alpha value is -1.52. The van der Waals surface area contributed by atoms with Gasteiger partial charge in [0.25, 0.3) is 0 Å². The Bertz CT molecular complexity index is 485. The molecule has 1 aliphatic carbocycles. The number of hydrogen-bond acceptors (Lipinski definition) is 5. The quantitative estimate of drug-likeness (QED) is 0.923. The Balaban J connectivity index is 1.84. The lowest BCUT2D eigenvalue weighted by atomic mass is 9.96. The van der Waals surface area contributed by atoms with Crippen molar-refractivity contribution in [3.63, 3.8) is 0 Å². The molecule has 1 aromatic rings. The van der Waals surface area contributed by atoms with Crippen LogP contribution in [0, 0.1) is 5.92 Å². The molecule has 1 aromatic heterocycles. The molecule has 2 N–H and O–H groups in total. The van der Waals surface area contributed by atoms with Crippen LogP contribution in [-0.2, 0) is 0 Å². The average Bonchev–Trinajstić information content (AvgIpc) is 3.09. The first-order valence-corrected chi connectivity index (χ1v) is 8.20. The normalized spacial score (nSPS) is 23.2. The van der Waals surface area contributed by atoms with Gasteiger partial charge in [0.15, 0.2) is 5.82 Å². The molecule has 1 saturated heterocycles. The zero-order chi connectivity index (χ0) is 14.8. The highest BCUT2D eigenvalue weighted by Crippen LogP contribution is 2.40. The molecule has 5 heteroatoms. The Kier molecular flexibility index (Phi) is 4.17. The molecule has 2 aliphatic rings. The topological polar surface area (TPSA) is 64.3 Å². The van der Waals surface area contributed by atoms with Gasteiger partial charge in [-0.15, -0.1) is 0 Å². The van der Waals surface area contributed by atoms with Crippen LogP contribution in [0.25, 0.3) is 0 Å². The number of nitrogens with zero attached hydrogens (tertiary/aromatic N) is 3. The van der Waals surface area contributed by atoms with Gasteiger partial charge in [0.2, 0.25) is 5.88 Å². The molecule has 1 aliphatic heterocycles. The third-order valence-corrected chi connectivity index (χ3v) is 4.69. The zero-order valence-electron chi connectivity index (χ0n) is 13.1. The van der Waals surface area contributed by atoms with Crippen molar-refractivity contribution in [3.05, 3.63) is 6.33 Å². The monoisotopic (exact) mass is 290 g/mol. The number of aromatic nitrogens is 2. The minimum absolute atomic E-state index is 0.0688. The molecule has 116 valence electrons. The minimum Gasteiger partial charge on any atom is -0.473 e. The molecule has 1 atom stereocenters. The summed E-state index contributed by atoms with van der Waals surface area (Å²) in [5.74, 6) is 2.19. The van der Waals surface area contributed by atoms with Gasteiger partial charge < -0.3 is 15.4 Å². The number of anilines is 2. The van der Waals surface area contributed by atoms with E-state index in [9.17, 15) is 0 Å². The van der Waals surface area contributed by atoms with E-state index >= 15 is 0 Å². The first kappa shape index (κ1) is 14.4. The number of ether oxygens (including phenoxy) is 1. The maximum atomic E-state index is 6.28. The summed E-state index contributed by atoms with van der Waals surface area (Å²) in [7, 11) is 0. The SMILES string of the molecule is CC(C)Oc1ncnc(N2CCCC2C2CCCC2)c1N. The predicted molar refractivity (Wildman–Crippen MR) is 84.5 cm³/mol. The van der Waals surface area contributed by atoms with Gasteiger partial charge in [0.1, 0.15) is 12.0 Å². The van der Waals surface area contributed by atoms with Crippen molar-refractivity contribution < 1.29 is 4.74 Å². The van der Waals surface area contributed by atoms with Crippen molar-refractivity contribution in [3.8, 4) is 5.88 Å². The lowest BCUT2D eigenvalue weighted by Gasteiger charge is -2.31. The van der Waals surface area contributed by atoms with Crippen molar-refractivity contribution >= 4 is 11.5 Å². The second-order valence-electron chi connectivity index (χ2n) is 6.53. The summed E-state index contributed by atoms with van der Waals surface area (Å²) in [5.41, 5.74) is 6.87. The summed E-state index contributed by atoms with van der Waals surface area (Å²) in [6.45, 7) is 5.01. The van der Waals surface area contributed by atoms with Crippen LogP contribution in [-0.4, -0.2) is 28.7 Å². The summed E-state index contributed by atoms with van der Waals surface area (Å²) >= 11 is 0. The maximum Gasteiger partial charge on any atom is 0.242 e. The number of nitrogen functional groups attached to an aromatic ring is 1. The Morgan fingerprint density at radius 3 is 2.67 bits per heavy atom. The molecule has 2 heterocycles. The molecule has 0 spiro atoms. The summed E-state index contributed by atoms with van der Waals surface area (Å²) in [5, 5.41) is 0. The smallest absolute Gasteiger partial charge is 0.242 e. The van der Waals surface area contributed by atoms with Crippen LogP contribution in [0.2, 0.25) is 0 Å². The molecule has 3 rings (SSSR count). The van der Waals surface area contributed by atoms with Gasteiger partial charge in [-0.25, -0.2) is 4.98 Å². The number of nitrogens with two attached hydrogens (primary N) is 1. The largest absolute Gasteiger partial charge is 0.473 e. The summed E-state index contributed by atoms with van der Waals surface area (Å²) in [4.78, 5) is 11.1. The third-order valence-electron chi connectivity index (χ3n) is 4.69. The minimum atomic E-state index is 0.0688. The molecule has 5 nitrogen and oxygen atoms in total. The van der Waals surface area contributed by atoms with E-state index in [1.807, 2.05) is 13.8 Å². The van der Waals surface area contributed by atoms with Gasteiger partial charge in [-0.3, -0.25) is 0 Å². The molecule has 1 unspecified atom stereocenters. The fraction of sp³-hybridized carbons (Fsp3) is 0.750. The highest BCUT2D eigenvalue weighted by molar-refractivity contribution is 5.68. The second kappa shape index (κ2) is 6.08. The lowest BCUT2D eigenvalue weighted by Crippen LogP contribution is -2.35. The van der Waals surface area contributed by atoms with E-state index in [0.717, 1.165) is 18.3 Å². The molecule has 0 aromatic carbocycles. The fourth-order valence-electron chi connectivity index (χ4n) is 3.80. The summed E-state index contributed by atoms with van der Waals surface area (Å²) in [6, 6.07) is 0.594. The molecular formula is C16H26N4O. The van der Waals surface area contributed by atoms with Crippen LogP contribution >= 0.6 is 0 Å². The second-order valence-corrected chi connectivity index (χ2v) is 6.53. The van der Waals surface area contributed by atoms with Crippen molar-refractivity contribution in [1.29, 1.82) is 0 Å². The van der Waals surface area contributed by atoms with Gasteiger partial charge in [-0.1, -0.05) is 12.8 Å². The highest BCUT2D eigenvalue weighted by Gasteiger charge is 2.35. The third kappa shape index (κ3) is 2.92. The molecule has 1 saturated carbocycles. The van der Waals surface area contributed by atoms with Gasteiger partial charge in [-0.05, 0) is 45.4 Å². The van der Waals surface area contributed by atoms with Crippen molar-refractivity contribution in [2.45, 2.75) is 64.5 Å². The molecule has 0 bridgehead atoms. The van der Waals surface area contributed by atoms with Crippen molar-refractivity contribution in [2.75, 3.05) is 17.2 Å². The van der Waals surface area contributed by atoms with Crippen LogP contribution in [0.5, 0.6) is 5.88 Å². The number of rotatable bonds is 4. The molecule has 2 fully saturated rings. The Labute approximate surface area is 126 Å². The highest BCUT2D eigenvalue weighted by atomic mass is 16.5.